The number of nitrogens with zero attached hydrogens (tertiary/aromatic N) is 3. The van der Waals surface area contributed by atoms with Gasteiger partial charge in [0.15, 0.2) is 5.75 Å². The lowest BCUT2D eigenvalue weighted by molar-refractivity contribution is 0.0596. The summed E-state index contributed by atoms with van der Waals surface area (Å²) < 4.78 is 16.1. The molecule has 7 heteroatoms. The second-order valence-electron chi connectivity index (χ2n) is 7.38. The minimum absolute atomic E-state index is 0.297. The van der Waals surface area contributed by atoms with Crippen LogP contribution in [-0.2, 0) is 11.3 Å². The first kappa shape index (κ1) is 19.7. The summed E-state index contributed by atoms with van der Waals surface area (Å²) >= 11 is 0. The lowest BCUT2D eigenvalue weighted by Gasteiger charge is -2.16. The Bertz CT molecular complexity index is 1440. The van der Waals surface area contributed by atoms with Crippen LogP contribution in [0.2, 0.25) is 0 Å². The van der Waals surface area contributed by atoms with E-state index >= 15 is 0 Å². The zero-order valence-corrected chi connectivity index (χ0v) is 17.5. The first-order chi connectivity index (χ1) is 15.6. The number of ether oxygens (including phenoxy) is 2. The van der Waals surface area contributed by atoms with Crippen molar-refractivity contribution in [1.82, 2.24) is 15.3 Å². The Hall–Kier alpha value is -4.26. The number of carbonyl (C=O) groups is 1. The van der Waals surface area contributed by atoms with Crippen LogP contribution in [0.3, 0.4) is 0 Å². The van der Waals surface area contributed by atoms with Crippen LogP contribution in [0.5, 0.6) is 5.75 Å². The fourth-order valence-electron chi connectivity index (χ4n) is 3.69. The quantitative estimate of drug-likeness (QED) is 0.362. The molecule has 5 aromatic rings. The van der Waals surface area contributed by atoms with E-state index in [1.54, 1.807) is 6.07 Å². The number of hydrogen-bond acceptors (Lipinski definition) is 7. The molecule has 0 saturated carbocycles. The van der Waals surface area contributed by atoms with Gasteiger partial charge >= 0.3 is 5.97 Å². The Balaban J connectivity index is 1.72. The van der Waals surface area contributed by atoms with Gasteiger partial charge in [-0.2, -0.15) is 0 Å². The third-order valence-corrected chi connectivity index (χ3v) is 5.27. The van der Waals surface area contributed by atoms with Gasteiger partial charge in [-0.15, -0.1) is 0 Å². The van der Waals surface area contributed by atoms with Crippen molar-refractivity contribution >= 4 is 27.9 Å². The fraction of sp³-hybridized carbons (Fsp3) is 0.120. The van der Waals surface area contributed by atoms with Gasteiger partial charge in [0.25, 0.3) is 0 Å². The van der Waals surface area contributed by atoms with Crippen molar-refractivity contribution in [2.45, 2.75) is 13.5 Å². The van der Waals surface area contributed by atoms with Gasteiger partial charge in [-0.25, -0.2) is 14.4 Å². The number of esters is 1. The van der Waals surface area contributed by atoms with Gasteiger partial charge in [0.05, 0.1) is 7.11 Å². The van der Waals surface area contributed by atoms with E-state index in [9.17, 15) is 4.79 Å². The lowest BCUT2D eigenvalue weighted by Crippen LogP contribution is -2.08. The molecule has 0 radical (unpaired) electrons. The molecule has 0 aliphatic heterocycles. The molecule has 3 aromatic carbocycles. The van der Waals surface area contributed by atoms with Gasteiger partial charge in [0.2, 0.25) is 0 Å². The molecule has 32 heavy (non-hydrogen) atoms. The third kappa shape index (κ3) is 3.54. The van der Waals surface area contributed by atoms with Crippen LogP contribution in [0, 0.1) is 6.92 Å². The SMILES string of the molecule is COC(=O)c1cc(-c2ccc3nonc3c2)c2ccc(C)nc2c1OCc1ccccc1. The summed E-state index contributed by atoms with van der Waals surface area (Å²) in [5.74, 6) is -0.101. The number of aromatic nitrogens is 3. The van der Waals surface area contributed by atoms with Crippen LogP contribution in [0.1, 0.15) is 21.6 Å². The van der Waals surface area contributed by atoms with Crippen molar-refractivity contribution in [3.05, 3.63) is 83.6 Å². The fourth-order valence-corrected chi connectivity index (χ4v) is 3.69. The van der Waals surface area contributed by atoms with Gasteiger partial charge in [0.1, 0.15) is 28.7 Å². The summed E-state index contributed by atoms with van der Waals surface area (Å²) in [6.07, 6.45) is 0. The molecule has 0 unspecified atom stereocenters. The van der Waals surface area contributed by atoms with Crippen molar-refractivity contribution < 1.29 is 18.9 Å². The number of pyridine rings is 1. The van der Waals surface area contributed by atoms with E-state index in [1.807, 2.05) is 67.6 Å². The topological polar surface area (TPSA) is 87.3 Å². The van der Waals surface area contributed by atoms with E-state index in [0.29, 0.717) is 34.5 Å². The number of aryl methyl sites for hydroxylation is 1. The highest BCUT2D eigenvalue weighted by Crippen LogP contribution is 2.38. The monoisotopic (exact) mass is 425 g/mol. The Morgan fingerprint density at radius 2 is 1.78 bits per heavy atom. The third-order valence-electron chi connectivity index (χ3n) is 5.27. The zero-order valence-electron chi connectivity index (χ0n) is 17.5. The molecule has 2 heterocycles. The van der Waals surface area contributed by atoms with Crippen LogP contribution in [0.4, 0.5) is 0 Å². The second kappa shape index (κ2) is 8.11. The number of hydrogen-bond donors (Lipinski definition) is 0. The smallest absolute Gasteiger partial charge is 0.341 e. The standard InChI is InChI=1S/C25H19N3O4/c1-15-8-10-18-19(17-9-11-21-22(12-17)28-32-27-21)13-20(25(29)30-2)24(23(18)26-15)31-14-16-6-4-3-5-7-16/h3-13H,14H2,1-2H3. The Morgan fingerprint density at radius 3 is 2.59 bits per heavy atom. The maximum absolute atomic E-state index is 12.8. The largest absolute Gasteiger partial charge is 0.486 e. The molecule has 0 aliphatic rings. The molecule has 5 rings (SSSR count). The lowest BCUT2D eigenvalue weighted by atomic mass is 9.96. The minimum Gasteiger partial charge on any atom is -0.486 e. The molecule has 0 N–H and O–H groups in total. The average molecular weight is 425 g/mol. The first-order valence-electron chi connectivity index (χ1n) is 10.1. The van der Waals surface area contributed by atoms with Gasteiger partial charge in [-0.1, -0.05) is 42.5 Å². The van der Waals surface area contributed by atoms with E-state index in [0.717, 1.165) is 27.8 Å². The number of methoxy groups -OCH3 is 1. The van der Waals surface area contributed by atoms with E-state index in [-0.39, 0.29) is 0 Å². The summed E-state index contributed by atoms with van der Waals surface area (Å²) in [7, 11) is 1.35. The van der Waals surface area contributed by atoms with Gasteiger partial charge < -0.3 is 9.47 Å². The van der Waals surface area contributed by atoms with Crippen molar-refractivity contribution in [2.75, 3.05) is 7.11 Å². The highest BCUT2D eigenvalue weighted by Gasteiger charge is 2.22. The molecule has 0 atom stereocenters. The first-order valence-corrected chi connectivity index (χ1v) is 10.1. The second-order valence-corrected chi connectivity index (χ2v) is 7.38. The average Bonchev–Trinajstić information content (AvgIpc) is 3.30. The van der Waals surface area contributed by atoms with Crippen molar-refractivity contribution in [2.24, 2.45) is 0 Å². The summed E-state index contributed by atoms with van der Waals surface area (Å²) in [4.78, 5) is 17.5. The molecule has 0 amide bonds. The van der Waals surface area contributed by atoms with Crippen LogP contribution >= 0.6 is 0 Å². The summed E-state index contributed by atoms with van der Waals surface area (Å²) in [6, 6.07) is 21.1. The summed E-state index contributed by atoms with van der Waals surface area (Å²) in [5, 5.41) is 8.65. The maximum atomic E-state index is 12.8. The number of carbonyl (C=O) groups excluding carboxylic acids is 1. The van der Waals surface area contributed by atoms with Crippen LogP contribution in [0.15, 0.2) is 71.4 Å². The Morgan fingerprint density at radius 1 is 0.969 bits per heavy atom. The van der Waals surface area contributed by atoms with Crippen LogP contribution < -0.4 is 4.74 Å². The predicted molar refractivity (Wildman–Crippen MR) is 119 cm³/mol. The molecule has 0 fully saturated rings. The van der Waals surface area contributed by atoms with E-state index in [4.69, 9.17) is 19.1 Å². The molecular weight excluding hydrogens is 406 g/mol. The maximum Gasteiger partial charge on any atom is 0.341 e. The molecule has 0 spiro atoms. The molecular formula is C25H19N3O4. The Labute approximate surface area is 183 Å². The molecule has 0 saturated heterocycles. The van der Waals surface area contributed by atoms with Crippen molar-refractivity contribution in [3.63, 3.8) is 0 Å². The van der Waals surface area contributed by atoms with E-state index in [2.05, 4.69) is 10.3 Å². The molecule has 158 valence electrons. The van der Waals surface area contributed by atoms with Crippen LogP contribution in [-0.4, -0.2) is 28.4 Å². The van der Waals surface area contributed by atoms with E-state index < -0.39 is 5.97 Å². The van der Waals surface area contributed by atoms with Gasteiger partial charge in [-0.3, -0.25) is 0 Å². The number of benzene rings is 3. The summed E-state index contributed by atoms with van der Waals surface area (Å²) in [6.45, 7) is 2.20. The highest BCUT2D eigenvalue weighted by atomic mass is 16.6. The Kier molecular flexibility index (Phi) is 4.99. The molecule has 2 aromatic heterocycles. The normalized spacial score (nSPS) is 11.1. The van der Waals surface area contributed by atoms with Crippen LogP contribution in [0.25, 0.3) is 33.1 Å². The minimum atomic E-state index is -0.497. The molecule has 7 nitrogen and oxygen atoms in total. The van der Waals surface area contributed by atoms with Gasteiger partial charge in [0, 0.05) is 11.1 Å². The predicted octanol–water partition coefficient (Wildman–Crippen LogP) is 5.11. The van der Waals surface area contributed by atoms with E-state index in [1.165, 1.54) is 7.11 Å². The van der Waals surface area contributed by atoms with Gasteiger partial charge in [-0.05, 0) is 58.2 Å². The number of fused-ring (bicyclic) bond motifs is 2. The molecule has 0 aliphatic carbocycles. The number of rotatable bonds is 5. The highest BCUT2D eigenvalue weighted by molar-refractivity contribution is 6.07. The van der Waals surface area contributed by atoms with Crippen molar-refractivity contribution in [3.8, 4) is 16.9 Å². The zero-order chi connectivity index (χ0) is 22.1. The molecule has 0 bridgehead atoms. The summed E-state index contributed by atoms with van der Waals surface area (Å²) in [5.41, 5.74) is 5.64. The van der Waals surface area contributed by atoms with Crippen molar-refractivity contribution in [1.29, 1.82) is 0 Å².